The molecule has 1 atom stereocenters. The van der Waals surface area contributed by atoms with E-state index in [2.05, 4.69) is 0 Å². The van der Waals surface area contributed by atoms with Crippen molar-refractivity contribution in [2.75, 3.05) is 12.0 Å². The third-order valence-electron chi connectivity index (χ3n) is 5.58. The molecule has 0 saturated carbocycles. The summed E-state index contributed by atoms with van der Waals surface area (Å²) in [5.41, 5.74) is 2.95. The molecular formula is C25H18ClNO4. The molecule has 0 aliphatic carbocycles. The first-order valence-electron chi connectivity index (χ1n) is 9.79. The van der Waals surface area contributed by atoms with E-state index in [-0.39, 0.29) is 17.1 Å². The average molecular weight is 432 g/mol. The van der Waals surface area contributed by atoms with E-state index in [0.29, 0.717) is 33.0 Å². The molecule has 0 spiro atoms. The Balaban J connectivity index is 1.79. The van der Waals surface area contributed by atoms with Crippen LogP contribution in [0.5, 0.6) is 5.75 Å². The molecule has 0 bridgehead atoms. The number of fused-ring (bicyclic) bond motifs is 2. The molecular weight excluding hydrogens is 414 g/mol. The smallest absolute Gasteiger partial charge is 0.295 e. The minimum atomic E-state index is -0.631. The Morgan fingerprint density at radius 3 is 2.45 bits per heavy atom. The van der Waals surface area contributed by atoms with Gasteiger partial charge in [-0.25, -0.2) is 0 Å². The van der Waals surface area contributed by atoms with Crippen molar-refractivity contribution in [1.82, 2.24) is 0 Å². The van der Waals surface area contributed by atoms with Crippen LogP contribution in [0.15, 0.2) is 75.9 Å². The Labute approximate surface area is 183 Å². The van der Waals surface area contributed by atoms with Gasteiger partial charge in [-0.3, -0.25) is 14.5 Å². The summed E-state index contributed by atoms with van der Waals surface area (Å²) in [6, 6.07) is 19.2. The second kappa shape index (κ2) is 7.29. The molecule has 1 aliphatic heterocycles. The van der Waals surface area contributed by atoms with Crippen molar-refractivity contribution in [3.05, 3.63) is 104 Å². The Morgan fingerprint density at radius 1 is 1.00 bits per heavy atom. The van der Waals surface area contributed by atoms with Crippen molar-refractivity contribution < 1.29 is 13.9 Å². The van der Waals surface area contributed by atoms with Gasteiger partial charge in [0.15, 0.2) is 5.43 Å². The molecule has 31 heavy (non-hydrogen) atoms. The number of anilines is 1. The number of halogens is 1. The van der Waals surface area contributed by atoms with Crippen LogP contribution in [0.2, 0.25) is 5.02 Å². The molecule has 3 aromatic carbocycles. The number of hydrogen-bond donors (Lipinski definition) is 0. The predicted octanol–water partition coefficient (Wildman–Crippen LogP) is 5.51. The first kappa shape index (κ1) is 19.4. The molecule has 0 N–H and O–H groups in total. The van der Waals surface area contributed by atoms with E-state index >= 15 is 0 Å². The molecule has 1 aromatic heterocycles. The first-order chi connectivity index (χ1) is 15.0. The Hall–Kier alpha value is -3.57. The number of ether oxygens (including phenoxy) is 1. The molecule has 1 unspecified atom stereocenters. The second-order valence-corrected chi connectivity index (χ2v) is 7.88. The van der Waals surface area contributed by atoms with Gasteiger partial charge >= 0.3 is 0 Å². The summed E-state index contributed by atoms with van der Waals surface area (Å²) in [5, 5.41) is 0.816. The number of hydrogen-bond acceptors (Lipinski definition) is 4. The summed E-state index contributed by atoms with van der Waals surface area (Å²) in [5.74, 6) is 0.173. The lowest BCUT2D eigenvalue weighted by Gasteiger charge is -2.25. The highest BCUT2D eigenvalue weighted by Crippen LogP contribution is 2.42. The quantitative estimate of drug-likeness (QED) is 0.429. The molecule has 154 valence electrons. The molecule has 5 nitrogen and oxygen atoms in total. The second-order valence-electron chi connectivity index (χ2n) is 7.48. The van der Waals surface area contributed by atoms with Gasteiger partial charge in [-0.05, 0) is 42.8 Å². The molecule has 5 rings (SSSR count). The third-order valence-corrected chi connectivity index (χ3v) is 5.88. The molecule has 1 amide bonds. The van der Waals surface area contributed by atoms with Crippen LogP contribution < -0.4 is 15.1 Å². The number of benzene rings is 3. The Bertz CT molecular complexity index is 1390. The maximum absolute atomic E-state index is 13.5. The summed E-state index contributed by atoms with van der Waals surface area (Å²) >= 11 is 6.35. The molecule has 0 radical (unpaired) electrons. The van der Waals surface area contributed by atoms with Crippen molar-refractivity contribution in [1.29, 1.82) is 0 Å². The number of rotatable bonds is 3. The normalized spacial score (nSPS) is 15.4. The van der Waals surface area contributed by atoms with Crippen molar-refractivity contribution in [3.8, 4) is 5.75 Å². The fourth-order valence-corrected chi connectivity index (χ4v) is 4.31. The standard InChI is InChI=1S/C25H18ClNO4/c1-14-7-9-15(10-8-14)22-21-23(28)17-5-3-4-6-19(17)31-24(21)25(29)27(22)16-11-12-20(30-2)18(26)13-16/h3-13,22H,1-2H3. The fourth-order valence-electron chi connectivity index (χ4n) is 4.06. The van der Waals surface area contributed by atoms with Gasteiger partial charge in [0, 0.05) is 5.69 Å². The number of amides is 1. The third kappa shape index (κ3) is 3.01. The van der Waals surface area contributed by atoms with Crippen molar-refractivity contribution in [3.63, 3.8) is 0 Å². The highest BCUT2D eigenvalue weighted by atomic mass is 35.5. The van der Waals surface area contributed by atoms with Crippen LogP contribution in [0.25, 0.3) is 11.0 Å². The van der Waals surface area contributed by atoms with Crippen molar-refractivity contribution in [2.45, 2.75) is 13.0 Å². The van der Waals surface area contributed by atoms with E-state index in [1.165, 1.54) is 7.11 Å². The van der Waals surface area contributed by atoms with Crippen LogP contribution in [0.3, 0.4) is 0 Å². The van der Waals surface area contributed by atoms with Crippen LogP contribution in [-0.2, 0) is 0 Å². The zero-order valence-corrected chi connectivity index (χ0v) is 17.6. The summed E-state index contributed by atoms with van der Waals surface area (Å²) in [6.45, 7) is 1.99. The maximum atomic E-state index is 13.5. The Kier molecular flexibility index (Phi) is 4.56. The lowest BCUT2D eigenvalue weighted by molar-refractivity contribution is 0.0971. The largest absolute Gasteiger partial charge is 0.495 e. The van der Waals surface area contributed by atoms with Gasteiger partial charge in [-0.1, -0.05) is 53.6 Å². The zero-order valence-electron chi connectivity index (χ0n) is 16.9. The predicted molar refractivity (Wildman–Crippen MR) is 120 cm³/mol. The highest BCUT2D eigenvalue weighted by molar-refractivity contribution is 6.32. The van der Waals surface area contributed by atoms with Crippen LogP contribution in [0, 0.1) is 6.92 Å². The van der Waals surface area contributed by atoms with E-state index in [1.807, 2.05) is 31.2 Å². The summed E-state index contributed by atoms with van der Waals surface area (Å²) in [7, 11) is 1.53. The van der Waals surface area contributed by atoms with Gasteiger partial charge in [-0.15, -0.1) is 0 Å². The topological polar surface area (TPSA) is 59.8 Å². The number of carbonyl (C=O) groups is 1. The van der Waals surface area contributed by atoms with Crippen molar-refractivity contribution in [2.24, 2.45) is 0 Å². The number of para-hydroxylation sites is 1. The van der Waals surface area contributed by atoms with Gasteiger partial charge in [0.2, 0.25) is 5.76 Å². The van der Waals surface area contributed by atoms with Crippen LogP contribution in [0.4, 0.5) is 5.69 Å². The molecule has 0 fully saturated rings. The molecule has 6 heteroatoms. The zero-order chi connectivity index (χ0) is 21.7. The van der Waals surface area contributed by atoms with Crippen LogP contribution in [0.1, 0.15) is 33.3 Å². The lowest BCUT2D eigenvalue weighted by Crippen LogP contribution is -2.29. The van der Waals surface area contributed by atoms with E-state index < -0.39 is 6.04 Å². The van der Waals surface area contributed by atoms with Crippen LogP contribution >= 0.6 is 11.6 Å². The summed E-state index contributed by atoms with van der Waals surface area (Å²) < 4.78 is 11.2. The lowest BCUT2D eigenvalue weighted by atomic mass is 9.97. The number of carbonyl (C=O) groups excluding carboxylic acids is 1. The molecule has 0 saturated heterocycles. The van der Waals surface area contributed by atoms with E-state index in [1.54, 1.807) is 47.4 Å². The maximum Gasteiger partial charge on any atom is 0.295 e. The summed E-state index contributed by atoms with van der Waals surface area (Å²) in [6.07, 6.45) is 0. The number of nitrogens with zero attached hydrogens (tertiary/aromatic N) is 1. The molecule has 2 heterocycles. The Morgan fingerprint density at radius 2 is 1.74 bits per heavy atom. The fraction of sp³-hybridized carbons (Fsp3) is 0.120. The van der Waals surface area contributed by atoms with Crippen LogP contribution in [-0.4, -0.2) is 13.0 Å². The van der Waals surface area contributed by atoms with E-state index in [4.69, 9.17) is 20.8 Å². The average Bonchev–Trinajstić information content (AvgIpc) is 3.07. The van der Waals surface area contributed by atoms with Gasteiger partial charge in [0.05, 0.1) is 29.1 Å². The van der Waals surface area contributed by atoms with Gasteiger partial charge in [0.25, 0.3) is 5.91 Å². The SMILES string of the molecule is COc1ccc(N2C(=O)c3oc4ccccc4c(=O)c3C2c2ccc(C)cc2)cc1Cl. The number of methoxy groups -OCH3 is 1. The minimum absolute atomic E-state index is 0.0567. The molecule has 1 aliphatic rings. The first-order valence-corrected chi connectivity index (χ1v) is 10.2. The van der Waals surface area contributed by atoms with Gasteiger partial charge in [0.1, 0.15) is 11.3 Å². The van der Waals surface area contributed by atoms with E-state index in [9.17, 15) is 9.59 Å². The van der Waals surface area contributed by atoms with Crippen molar-refractivity contribution >= 4 is 34.2 Å². The van der Waals surface area contributed by atoms with E-state index in [0.717, 1.165) is 11.1 Å². The monoisotopic (exact) mass is 431 g/mol. The van der Waals surface area contributed by atoms with Gasteiger partial charge in [-0.2, -0.15) is 0 Å². The van der Waals surface area contributed by atoms with Gasteiger partial charge < -0.3 is 9.15 Å². The molecule has 4 aromatic rings. The summed E-state index contributed by atoms with van der Waals surface area (Å²) in [4.78, 5) is 28.6. The number of aryl methyl sites for hydroxylation is 1. The minimum Gasteiger partial charge on any atom is -0.495 e. The highest BCUT2D eigenvalue weighted by Gasteiger charge is 2.43.